The van der Waals surface area contributed by atoms with Crippen molar-refractivity contribution in [1.82, 2.24) is 5.32 Å². The van der Waals surface area contributed by atoms with E-state index in [1.165, 1.54) is 12.1 Å². The summed E-state index contributed by atoms with van der Waals surface area (Å²) in [6, 6.07) is 4.31. The summed E-state index contributed by atoms with van der Waals surface area (Å²) in [6.07, 6.45) is -4.69. The Bertz CT molecular complexity index is 791. The van der Waals surface area contributed by atoms with Crippen LogP contribution in [-0.4, -0.2) is 27.9 Å². The van der Waals surface area contributed by atoms with E-state index in [0.29, 0.717) is 0 Å². The summed E-state index contributed by atoms with van der Waals surface area (Å²) in [7, 11) is 0. The van der Waals surface area contributed by atoms with Crippen LogP contribution in [0.15, 0.2) is 34.5 Å². The molecule has 2 amide bonds. The summed E-state index contributed by atoms with van der Waals surface area (Å²) >= 11 is 1.06. The van der Waals surface area contributed by atoms with Gasteiger partial charge in [-0.05, 0) is 31.0 Å². The molecule has 1 aliphatic heterocycles. The average Bonchev–Trinajstić information content (AvgIpc) is 2.91. The fourth-order valence-corrected chi connectivity index (χ4v) is 2.90. The Morgan fingerprint density at radius 3 is 2.70 bits per heavy atom. The SMILES string of the molecule is CC(=N/N=C1\NC(=O)C(CC(=O)Nc2cccc(C(F)(F)F)c2)S1)C(C)C. The number of nitrogens with one attached hydrogen (secondary N) is 2. The molecule has 2 rings (SSSR count). The van der Waals surface area contributed by atoms with Crippen LogP contribution in [0.4, 0.5) is 18.9 Å². The number of amides is 2. The van der Waals surface area contributed by atoms with E-state index in [0.717, 1.165) is 29.6 Å². The van der Waals surface area contributed by atoms with Crippen molar-refractivity contribution in [2.45, 2.75) is 38.6 Å². The minimum absolute atomic E-state index is 0.0179. The van der Waals surface area contributed by atoms with Crippen LogP contribution in [0.2, 0.25) is 0 Å². The second-order valence-corrected chi connectivity index (χ2v) is 7.42. The fraction of sp³-hybridized carbons (Fsp3) is 0.412. The molecule has 1 saturated heterocycles. The molecule has 0 aromatic heterocycles. The van der Waals surface area contributed by atoms with Gasteiger partial charge in [-0.15, -0.1) is 5.10 Å². The van der Waals surface area contributed by atoms with Gasteiger partial charge in [0.1, 0.15) is 5.25 Å². The number of anilines is 1. The Balaban J connectivity index is 1.97. The number of alkyl halides is 3. The summed E-state index contributed by atoms with van der Waals surface area (Å²) < 4.78 is 38.1. The molecule has 0 radical (unpaired) electrons. The topological polar surface area (TPSA) is 82.9 Å². The number of hydrogen-bond donors (Lipinski definition) is 2. The van der Waals surface area contributed by atoms with Gasteiger partial charge < -0.3 is 10.6 Å². The maximum Gasteiger partial charge on any atom is 0.416 e. The lowest BCUT2D eigenvalue weighted by Gasteiger charge is -2.10. The molecule has 1 heterocycles. The first-order chi connectivity index (χ1) is 12.6. The minimum atomic E-state index is -4.50. The van der Waals surface area contributed by atoms with Crippen molar-refractivity contribution in [2.75, 3.05) is 5.32 Å². The van der Waals surface area contributed by atoms with Gasteiger partial charge in [0.2, 0.25) is 11.8 Å². The number of nitrogens with zero attached hydrogens (tertiary/aromatic N) is 2. The molecule has 1 aliphatic rings. The molecule has 0 bridgehead atoms. The van der Waals surface area contributed by atoms with E-state index in [2.05, 4.69) is 20.8 Å². The van der Waals surface area contributed by atoms with Gasteiger partial charge in [-0.25, -0.2) is 0 Å². The second-order valence-electron chi connectivity index (χ2n) is 6.23. The third-order valence-electron chi connectivity index (χ3n) is 3.76. The maximum absolute atomic E-state index is 12.7. The normalized spacial score (nSPS) is 19.5. The van der Waals surface area contributed by atoms with Gasteiger partial charge >= 0.3 is 6.18 Å². The third kappa shape index (κ3) is 6.09. The molecule has 0 aliphatic carbocycles. The molecule has 27 heavy (non-hydrogen) atoms. The van der Waals surface area contributed by atoms with Crippen molar-refractivity contribution in [1.29, 1.82) is 0 Å². The van der Waals surface area contributed by atoms with Gasteiger partial charge in [0.15, 0.2) is 5.17 Å². The highest BCUT2D eigenvalue weighted by molar-refractivity contribution is 8.15. The zero-order chi connectivity index (χ0) is 20.2. The van der Waals surface area contributed by atoms with E-state index in [9.17, 15) is 22.8 Å². The molecule has 1 atom stereocenters. The highest BCUT2D eigenvalue weighted by Gasteiger charge is 2.33. The van der Waals surface area contributed by atoms with Crippen molar-refractivity contribution >= 4 is 40.1 Å². The van der Waals surface area contributed by atoms with Crippen molar-refractivity contribution in [2.24, 2.45) is 16.1 Å². The molecule has 146 valence electrons. The Labute approximate surface area is 158 Å². The van der Waals surface area contributed by atoms with Gasteiger partial charge in [0, 0.05) is 17.8 Å². The molecule has 1 fully saturated rings. The molecular weight excluding hydrogens is 381 g/mol. The van der Waals surface area contributed by atoms with Gasteiger partial charge in [0.05, 0.1) is 5.56 Å². The number of amidine groups is 1. The summed E-state index contributed by atoms with van der Waals surface area (Å²) in [5.41, 5.74) is -0.0477. The van der Waals surface area contributed by atoms with Crippen LogP contribution >= 0.6 is 11.8 Å². The number of benzene rings is 1. The first-order valence-corrected chi connectivity index (χ1v) is 9.01. The molecule has 0 saturated carbocycles. The lowest BCUT2D eigenvalue weighted by atomic mass is 10.1. The maximum atomic E-state index is 12.7. The highest BCUT2D eigenvalue weighted by Crippen LogP contribution is 2.31. The lowest BCUT2D eigenvalue weighted by Crippen LogP contribution is -2.28. The predicted octanol–water partition coefficient (Wildman–Crippen LogP) is 3.65. The van der Waals surface area contributed by atoms with E-state index in [4.69, 9.17) is 0 Å². The first kappa shape index (κ1) is 20.9. The molecule has 0 spiro atoms. The van der Waals surface area contributed by atoms with Crippen LogP contribution in [0, 0.1) is 5.92 Å². The summed E-state index contributed by atoms with van der Waals surface area (Å²) in [4.78, 5) is 24.0. The fourth-order valence-electron chi connectivity index (χ4n) is 1.98. The highest BCUT2D eigenvalue weighted by atomic mass is 32.2. The number of carbonyl (C=O) groups excluding carboxylic acids is 2. The number of halogens is 3. The Kier molecular flexibility index (Phi) is 6.63. The monoisotopic (exact) mass is 400 g/mol. The molecule has 6 nitrogen and oxygen atoms in total. The first-order valence-electron chi connectivity index (χ1n) is 8.13. The molecule has 1 aromatic rings. The molecule has 2 N–H and O–H groups in total. The summed E-state index contributed by atoms with van der Waals surface area (Å²) in [5, 5.41) is 12.5. The predicted molar refractivity (Wildman–Crippen MR) is 99.6 cm³/mol. The lowest BCUT2D eigenvalue weighted by molar-refractivity contribution is -0.137. The number of thioether (sulfide) groups is 1. The minimum Gasteiger partial charge on any atom is -0.326 e. The van der Waals surface area contributed by atoms with Gasteiger partial charge in [-0.2, -0.15) is 18.3 Å². The summed E-state index contributed by atoms with van der Waals surface area (Å²) in [5.74, 6) is -0.745. The van der Waals surface area contributed by atoms with E-state index in [-0.39, 0.29) is 23.2 Å². The van der Waals surface area contributed by atoms with Crippen LogP contribution in [-0.2, 0) is 15.8 Å². The van der Waals surface area contributed by atoms with E-state index >= 15 is 0 Å². The van der Waals surface area contributed by atoms with Gasteiger partial charge in [-0.3, -0.25) is 9.59 Å². The van der Waals surface area contributed by atoms with Gasteiger partial charge in [0.25, 0.3) is 0 Å². The third-order valence-corrected chi connectivity index (χ3v) is 4.83. The Morgan fingerprint density at radius 2 is 2.07 bits per heavy atom. The van der Waals surface area contributed by atoms with Crippen molar-refractivity contribution in [3.05, 3.63) is 29.8 Å². The van der Waals surface area contributed by atoms with E-state index < -0.39 is 28.8 Å². The smallest absolute Gasteiger partial charge is 0.326 e. The van der Waals surface area contributed by atoms with E-state index in [1.54, 1.807) is 0 Å². The van der Waals surface area contributed by atoms with Crippen LogP contribution in [0.25, 0.3) is 0 Å². The largest absolute Gasteiger partial charge is 0.416 e. The van der Waals surface area contributed by atoms with Crippen LogP contribution in [0.5, 0.6) is 0 Å². The molecular formula is C17H19F3N4O2S. The molecule has 1 unspecified atom stereocenters. The Hall–Kier alpha value is -2.36. The molecule has 1 aromatic carbocycles. The van der Waals surface area contributed by atoms with Gasteiger partial charge in [-0.1, -0.05) is 31.7 Å². The number of hydrogen-bond acceptors (Lipinski definition) is 5. The van der Waals surface area contributed by atoms with Crippen LogP contribution < -0.4 is 10.6 Å². The second kappa shape index (κ2) is 8.55. The van der Waals surface area contributed by atoms with E-state index in [1.807, 2.05) is 20.8 Å². The summed E-state index contributed by atoms with van der Waals surface area (Å²) in [6.45, 7) is 5.73. The van der Waals surface area contributed by atoms with Crippen LogP contribution in [0.3, 0.4) is 0 Å². The Morgan fingerprint density at radius 1 is 1.37 bits per heavy atom. The van der Waals surface area contributed by atoms with Crippen molar-refractivity contribution in [3.8, 4) is 0 Å². The average molecular weight is 400 g/mol. The standard InChI is InChI=1S/C17H19F3N4O2S/c1-9(2)10(3)23-24-16-22-15(26)13(27-16)8-14(25)21-12-6-4-5-11(7-12)17(18,19)20/h4-7,9,13H,8H2,1-3H3,(H,21,25)(H,22,24,26). The molecule has 10 heteroatoms. The van der Waals surface area contributed by atoms with Crippen molar-refractivity contribution < 1.29 is 22.8 Å². The number of carbonyl (C=O) groups is 2. The zero-order valence-corrected chi connectivity index (χ0v) is 15.7. The van der Waals surface area contributed by atoms with Crippen molar-refractivity contribution in [3.63, 3.8) is 0 Å². The van der Waals surface area contributed by atoms with Crippen LogP contribution in [0.1, 0.15) is 32.8 Å². The zero-order valence-electron chi connectivity index (χ0n) is 14.9. The number of rotatable bonds is 5. The quantitative estimate of drug-likeness (QED) is 0.585.